The third kappa shape index (κ3) is 3.25. The fraction of sp³-hybridized carbons (Fsp3) is 0.241. The van der Waals surface area contributed by atoms with Crippen molar-refractivity contribution in [1.29, 1.82) is 5.26 Å². The molecule has 2 aliphatic rings. The Morgan fingerprint density at radius 3 is 2.72 bits per heavy atom. The fourth-order valence-corrected chi connectivity index (χ4v) is 5.94. The van der Waals surface area contributed by atoms with Gasteiger partial charge in [0, 0.05) is 27.8 Å². The molecular weight excluding hydrogens is 453 g/mol. The number of benzene rings is 2. The molecule has 0 saturated carbocycles. The number of ketones is 1. The molecule has 0 unspecified atom stereocenters. The van der Waals surface area contributed by atoms with Crippen molar-refractivity contribution in [1.82, 2.24) is 19.9 Å². The summed E-state index contributed by atoms with van der Waals surface area (Å²) in [5.74, 6) is -0.384. The maximum absolute atomic E-state index is 14.3. The summed E-state index contributed by atoms with van der Waals surface area (Å²) in [6.07, 6.45) is 4.66. The fourth-order valence-electron chi connectivity index (χ4n) is 5.94. The van der Waals surface area contributed by atoms with E-state index in [9.17, 15) is 14.4 Å². The van der Waals surface area contributed by atoms with Gasteiger partial charge >= 0.3 is 0 Å². The van der Waals surface area contributed by atoms with Gasteiger partial charge in [-0.25, -0.2) is 24.3 Å². The summed E-state index contributed by atoms with van der Waals surface area (Å²) in [5, 5.41) is 10.5. The lowest BCUT2D eigenvalue weighted by molar-refractivity contribution is -0.121. The molecule has 2 aliphatic carbocycles. The molecular formula is C29H22FN5O. The first-order valence-corrected chi connectivity index (χ1v) is 12.0. The Bertz CT molecular complexity index is 1630. The predicted molar refractivity (Wildman–Crippen MR) is 133 cm³/mol. The largest absolute Gasteiger partial charge is 0.293 e. The normalized spacial score (nSPS) is 22.9. The molecule has 2 heterocycles. The second kappa shape index (κ2) is 8.13. The van der Waals surface area contributed by atoms with Gasteiger partial charge in [0.15, 0.2) is 11.6 Å². The Balaban J connectivity index is 1.69. The molecule has 2 aromatic carbocycles. The number of halogens is 1. The molecule has 36 heavy (non-hydrogen) atoms. The Kier molecular flexibility index (Phi) is 5.01. The van der Waals surface area contributed by atoms with Crippen LogP contribution in [-0.2, 0) is 16.6 Å². The van der Waals surface area contributed by atoms with E-state index in [0.717, 1.165) is 28.6 Å². The van der Waals surface area contributed by atoms with E-state index in [4.69, 9.17) is 9.97 Å². The van der Waals surface area contributed by atoms with E-state index in [1.807, 2.05) is 44.2 Å². The van der Waals surface area contributed by atoms with E-state index in [2.05, 4.69) is 16.0 Å². The van der Waals surface area contributed by atoms with E-state index >= 15 is 0 Å². The number of carbonyl (C=O) groups is 1. The van der Waals surface area contributed by atoms with Crippen LogP contribution in [0.25, 0.3) is 33.7 Å². The lowest BCUT2D eigenvalue weighted by Crippen LogP contribution is -2.46. The quantitative estimate of drug-likeness (QED) is 0.386. The zero-order valence-electron chi connectivity index (χ0n) is 19.9. The van der Waals surface area contributed by atoms with Crippen molar-refractivity contribution < 1.29 is 9.18 Å². The minimum absolute atomic E-state index is 0.0140. The van der Waals surface area contributed by atoms with Gasteiger partial charge in [0.1, 0.15) is 23.9 Å². The molecule has 176 valence electrons. The summed E-state index contributed by atoms with van der Waals surface area (Å²) in [6, 6.07) is 16.1. The van der Waals surface area contributed by atoms with Crippen LogP contribution < -0.4 is 0 Å². The second-order valence-electron chi connectivity index (χ2n) is 9.72. The Morgan fingerprint density at radius 1 is 1.08 bits per heavy atom. The van der Waals surface area contributed by atoms with Crippen molar-refractivity contribution >= 4 is 16.7 Å². The standard InChI is InChI=1S/C29H22FN5O/c1-16-22-11-10-21-24(17-6-5-7-19(30)12-17)34-28(25-20-8-3-4-9-23(20)32-15-33-25)35-27(21)29(22,2)13-18(14-31)26(16)36/h3-9,12-13,15-16,22H,10-11H2,1-2H3/t16-,22-,29-/m1/s1. The topological polar surface area (TPSA) is 92.4 Å². The molecule has 0 radical (unpaired) electrons. The molecule has 2 aromatic heterocycles. The summed E-state index contributed by atoms with van der Waals surface area (Å²) < 4.78 is 14.3. The number of carbonyl (C=O) groups excluding carboxylic acids is 1. The van der Waals surface area contributed by atoms with Gasteiger partial charge in [-0.15, -0.1) is 0 Å². The summed E-state index contributed by atoms with van der Waals surface area (Å²) in [5.41, 5.74) is 3.82. The van der Waals surface area contributed by atoms with E-state index in [1.165, 1.54) is 18.5 Å². The van der Waals surface area contributed by atoms with Crippen LogP contribution >= 0.6 is 0 Å². The maximum Gasteiger partial charge on any atom is 0.179 e. The lowest BCUT2D eigenvalue weighted by atomic mass is 9.57. The highest BCUT2D eigenvalue weighted by atomic mass is 19.1. The molecule has 0 amide bonds. The third-order valence-electron chi connectivity index (χ3n) is 7.69. The average molecular weight is 476 g/mol. The van der Waals surface area contributed by atoms with Gasteiger partial charge < -0.3 is 0 Å². The van der Waals surface area contributed by atoms with Crippen LogP contribution in [0.3, 0.4) is 0 Å². The molecule has 0 fully saturated rings. The molecule has 6 nitrogen and oxygen atoms in total. The van der Waals surface area contributed by atoms with Crippen LogP contribution in [0.5, 0.6) is 0 Å². The lowest BCUT2D eigenvalue weighted by Gasteiger charge is -2.45. The number of rotatable bonds is 2. The monoisotopic (exact) mass is 475 g/mol. The smallest absolute Gasteiger partial charge is 0.179 e. The Labute approximate surface area is 207 Å². The van der Waals surface area contributed by atoms with E-state index in [1.54, 1.807) is 12.1 Å². The molecule has 3 atom stereocenters. The molecule has 0 aliphatic heterocycles. The first-order chi connectivity index (χ1) is 17.4. The highest BCUT2D eigenvalue weighted by Crippen LogP contribution is 2.51. The highest BCUT2D eigenvalue weighted by molar-refractivity contribution is 6.02. The van der Waals surface area contributed by atoms with Crippen LogP contribution in [-0.4, -0.2) is 25.7 Å². The summed E-state index contributed by atoms with van der Waals surface area (Å²) in [4.78, 5) is 31.7. The number of hydrogen-bond acceptors (Lipinski definition) is 6. The van der Waals surface area contributed by atoms with Crippen LogP contribution in [0.2, 0.25) is 0 Å². The minimum Gasteiger partial charge on any atom is -0.293 e. The van der Waals surface area contributed by atoms with Gasteiger partial charge in [0.25, 0.3) is 0 Å². The molecule has 4 aromatic rings. The number of nitriles is 1. The third-order valence-corrected chi connectivity index (χ3v) is 7.69. The number of allylic oxidation sites excluding steroid dienone is 2. The van der Waals surface area contributed by atoms with Crippen molar-refractivity contribution in [3.63, 3.8) is 0 Å². The summed E-state index contributed by atoms with van der Waals surface area (Å²) >= 11 is 0. The van der Waals surface area contributed by atoms with E-state index in [0.29, 0.717) is 29.2 Å². The number of Topliss-reactive ketones (excluding diaryl/α,β-unsaturated/α-hetero) is 1. The maximum atomic E-state index is 14.3. The van der Waals surface area contributed by atoms with Crippen molar-refractivity contribution in [3.8, 4) is 28.8 Å². The van der Waals surface area contributed by atoms with Crippen molar-refractivity contribution in [2.24, 2.45) is 11.8 Å². The van der Waals surface area contributed by atoms with Crippen molar-refractivity contribution in [2.45, 2.75) is 32.1 Å². The van der Waals surface area contributed by atoms with Crippen LogP contribution in [0.1, 0.15) is 31.5 Å². The Morgan fingerprint density at radius 2 is 1.92 bits per heavy atom. The Hall–Kier alpha value is -4.31. The predicted octanol–water partition coefficient (Wildman–Crippen LogP) is 5.38. The molecule has 6 rings (SSSR count). The molecule has 0 saturated heterocycles. The number of aromatic nitrogens is 4. The van der Waals surface area contributed by atoms with Crippen molar-refractivity contribution in [3.05, 3.63) is 83.6 Å². The van der Waals surface area contributed by atoms with Crippen LogP contribution in [0, 0.1) is 29.0 Å². The zero-order chi connectivity index (χ0) is 25.0. The van der Waals surface area contributed by atoms with Crippen LogP contribution in [0.4, 0.5) is 4.39 Å². The molecule has 0 spiro atoms. The van der Waals surface area contributed by atoms with E-state index in [-0.39, 0.29) is 29.0 Å². The highest BCUT2D eigenvalue weighted by Gasteiger charge is 2.49. The van der Waals surface area contributed by atoms with Gasteiger partial charge in [-0.1, -0.05) is 50.3 Å². The minimum atomic E-state index is -0.658. The number of hydrogen-bond donors (Lipinski definition) is 0. The van der Waals surface area contributed by atoms with Gasteiger partial charge in [-0.2, -0.15) is 5.26 Å². The van der Waals surface area contributed by atoms with Gasteiger partial charge in [-0.05, 0) is 37.0 Å². The molecule has 0 N–H and O–H groups in total. The number of nitrogens with zero attached hydrogens (tertiary/aromatic N) is 5. The SMILES string of the molecule is C[C@H]1C(=O)C(C#N)=C[C@@]2(C)c3nc(-c4ncnc5ccccc45)nc(-c4cccc(F)c4)c3CC[C@H]12. The van der Waals surface area contributed by atoms with Gasteiger partial charge in [0.2, 0.25) is 0 Å². The number of fused-ring (bicyclic) bond motifs is 4. The zero-order valence-corrected chi connectivity index (χ0v) is 19.9. The van der Waals surface area contributed by atoms with Gasteiger partial charge in [0.05, 0.1) is 22.5 Å². The van der Waals surface area contributed by atoms with Gasteiger partial charge in [-0.3, -0.25) is 4.79 Å². The average Bonchev–Trinajstić information content (AvgIpc) is 2.90. The first-order valence-electron chi connectivity index (χ1n) is 12.0. The second-order valence-corrected chi connectivity index (χ2v) is 9.72. The number of para-hydroxylation sites is 1. The molecule has 0 bridgehead atoms. The first kappa shape index (κ1) is 22.2. The molecule has 7 heteroatoms. The summed E-state index contributed by atoms with van der Waals surface area (Å²) in [7, 11) is 0. The van der Waals surface area contributed by atoms with Crippen LogP contribution in [0.15, 0.2) is 66.5 Å². The summed E-state index contributed by atoms with van der Waals surface area (Å²) in [6.45, 7) is 3.94. The van der Waals surface area contributed by atoms with Crippen molar-refractivity contribution in [2.75, 3.05) is 0 Å². The van der Waals surface area contributed by atoms with E-state index < -0.39 is 5.41 Å².